The predicted molar refractivity (Wildman–Crippen MR) is 126 cm³/mol. The number of carbonyl (C=O) groups is 1. The van der Waals surface area contributed by atoms with Crippen LogP contribution in [-0.4, -0.2) is 35.7 Å². The molecule has 0 saturated heterocycles. The summed E-state index contributed by atoms with van der Waals surface area (Å²) in [5.41, 5.74) is 6.24. The van der Waals surface area contributed by atoms with Gasteiger partial charge < -0.3 is 10.5 Å². The van der Waals surface area contributed by atoms with E-state index in [2.05, 4.69) is 4.98 Å². The number of nitrogen functional groups attached to an aromatic ring is 1. The van der Waals surface area contributed by atoms with Crippen molar-refractivity contribution in [2.75, 3.05) is 30.9 Å². The number of amides is 1. The van der Waals surface area contributed by atoms with Gasteiger partial charge in [0.1, 0.15) is 5.82 Å². The van der Waals surface area contributed by atoms with Gasteiger partial charge in [0.05, 0.1) is 13.2 Å². The second-order valence-electron chi connectivity index (χ2n) is 6.94. The number of nitrogens with zero attached hydrogens (tertiary/aromatic N) is 2. The third-order valence-corrected chi connectivity index (χ3v) is 4.95. The molecule has 9 heteroatoms. The van der Waals surface area contributed by atoms with Crippen LogP contribution in [0, 0.1) is 0 Å². The lowest BCUT2D eigenvalue weighted by Gasteiger charge is -2.23. The Hall–Kier alpha value is -3.62. The van der Waals surface area contributed by atoms with Gasteiger partial charge >= 0.3 is 5.69 Å². The molecule has 0 saturated carbocycles. The van der Waals surface area contributed by atoms with Gasteiger partial charge in [-0.15, -0.1) is 0 Å². The molecule has 3 aromatic rings. The summed E-state index contributed by atoms with van der Waals surface area (Å²) in [6, 6.07) is 16.2. The molecule has 0 radical (unpaired) electrons. The number of carbonyl (C=O) groups excluding carboxylic acids is 1. The summed E-state index contributed by atoms with van der Waals surface area (Å²) in [7, 11) is 1.48. The first-order valence-electron chi connectivity index (χ1n) is 9.81. The van der Waals surface area contributed by atoms with Crippen LogP contribution in [0.4, 0.5) is 11.5 Å². The zero-order valence-electron chi connectivity index (χ0n) is 17.5. The molecule has 0 spiro atoms. The van der Waals surface area contributed by atoms with Gasteiger partial charge in [-0.05, 0) is 29.3 Å². The van der Waals surface area contributed by atoms with Crippen molar-refractivity contribution >= 4 is 35.1 Å². The number of hydrogen-bond donors (Lipinski definition) is 2. The Morgan fingerprint density at radius 3 is 2.62 bits per heavy atom. The standard InChI is InChI=1S/C23H23ClN4O4/c1-32-13-12-27(19(29)11-10-16-8-5-9-18(24)14-16)20-21(25)28(23(31)26-22(20)30)15-17-6-3-2-4-7-17/h2-11,14H,12-13,15,25H2,1H3,(H,26,30,31)/b11-10+. The van der Waals surface area contributed by atoms with Crippen LogP contribution in [0.25, 0.3) is 6.08 Å². The minimum atomic E-state index is -0.752. The van der Waals surface area contributed by atoms with E-state index in [1.54, 1.807) is 30.3 Å². The molecular weight excluding hydrogens is 432 g/mol. The molecule has 2 aromatic carbocycles. The Morgan fingerprint density at radius 1 is 1.19 bits per heavy atom. The fourth-order valence-corrected chi connectivity index (χ4v) is 3.34. The van der Waals surface area contributed by atoms with E-state index in [1.807, 2.05) is 30.3 Å². The van der Waals surface area contributed by atoms with Crippen molar-refractivity contribution in [1.29, 1.82) is 0 Å². The van der Waals surface area contributed by atoms with Gasteiger partial charge in [-0.1, -0.05) is 54.1 Å². The van der Waals surface area contributed by atoms with E-state index in [9.17, 15) is 14.4 Å². The van der Waals surface area contributed by atoms with Crippen LogP contribution >= 0.6 is 11.6 Å². The highest BCUT2D eigenvalue weighted by Gasteiger charge is 2.23. The highest BCUT2D eigenvalue weighted by Crippen LogP contribution is 2.19. The third-order valence-electron chi connectivity index (χ3n) is 4.72. The number of nitrogens with two attached hydrogens (primary N) is 1. The Morgan fingerprint density at radius 2 is 1.94 bits per heavy atom. The maximum Gasteiger partial charge on any atom is 0.330 e. The molecule has 166 valence electrons. The van der Waals surface area contributed by atoms with Gasteiger partial charge in [0, 0.05) is 24.8 Å². The van der Waals surface area contributed by atoms with Crippen molar-refractivity contribution in [3.63, 3.8) is 0 Å². The van der Waals surface area contributed by atoms with Gasteiger partial charge in [-0.3, -0.25) is 24.0 Å². The second-order valence-corrected chi connectivity index (χ2v) is 7.37. The summed E-state index contributed by atoms with van der Waals surface area (Å²) in [5.74, 6) is -0.604. The number of nitrogens with one attached hydrogen (secondary N) is 1. The van der Waals surface area contributed by atoms with Crippen LogP contribution < -0.4 is 21.9 Å². The Kier molecular flexibility index (Phi) is 7.64. The van der Waals surface area contributed by atoms with E-state index >= 15 is 0 Å². The summed E-state index contributed by atoms with van der Waals surface area (Å²) in [6.07, 6.45) is 2.89. The van der Waals surface area contributed by atoms with Crippen molar-refractivity contribution in [2.45, 2.75) is 6.54 Å². The van der Waals surface area contributed by atoms with Crippen molar-refractivity contribution in [2.24, 2.45) is 0 Å². The minimum absolute atomic E-state index is 0.0615. The van der Waals surface area contributed by atoms with Gasteiger partial charge in [0.2, 0.25) is 0 Å². The van der Waals surface area contributed by atoms with Gasteiger partial charge in [-0.25, -0.2) is 4.79 Å². The summed E-state index contributed by atoms with van der Waals surface area (Å²) in [4.78, 5) is 41.6. The summed E-state index contributed by atoms with van der Waals surface area (Å²) in [6.45, 7) is 0.361. The highest BCUT2D eigenvalue weighted by atomic mass is 35.5. The third kappa shape index (κ3) is 5.54. The number of H-pyrrole nitrogens is 1. The maximum absolute atomic E-state index is 13.0. The number of hydrogen-bond acceptors (Lipinski definition) is 5. The lowest BCUT2D eigenvalue weighted by molar-refractivity contribution is -0.114. The van der Waals surface area contributed by atoms with Crippen LogP contribution in [-0.2, 0) is 16.1 Å². The number of anilines is 2. The van der Waals surface area contributed by atoms with Gasteiger partial charge in [-0.2, -0.15) is 0 Å². The van der Waals surface area contributed by atoms with Crippen molar-refractivity contribution in [3.8, 4) is 0 Å². The molecule has 0 aliphatic heterocycles. The molecule has 32 heavy (non-hydrogen) atoms. The number of halogens is 1. The topological polar surface area (TPSA) is 110 Å². The first kappa shape index (κ1) is 23.1. The van der Waals surface area contributed by atoms with E-state index in [4.69, 9.17) is 22.1 Å². The smallest absolute Gasteiger partial charge is 0.330 e. The number of benzene rings is 2. The fraction of sp³-hybridized carbons (Fsp3) is 0.174. The van der Waals surface area contributed by atoms with Gasteiger partial charge in [0.25, 0.3) is 11.5 Å². The number of methoxy groups -OCH3 is 1. The highest BCUT2D eigenvalue weighted by molar-refractivity contribution is 6.30. The zero-order chi connectivity index (χ0) is 23.1. The quantitative estimate of drug-likeness (QED) is 0.508. The number of rotatable bonds is 8. The summed E-state index contributed by atoms with van der Waals surface area (Å²) in [5, 5.41) is 0.532. The molecule has 0 bridgehead atoms. The number of aromatic amines is 1. The summed E-state index contributed by atoms with van der Waals surface area (Å²) < 4.78 is 6.32. The van der Waals surface area contributed by atoms with Crippen LogP contribution in [0.2, 0.25) is 5.02 Å². The molecule has 0 unspecified atom stereocenters. The zero-order valence-corrected chi connectivity index (χ0v) is 18.2. The molecular formula is C23H23ClN4O4. The average Bonchev–Trinajstić information content (AvgIpc) is 2.78. The Bertz CT molecular complexity index is 1230. The summed E-state index contributed by atoms with van der Waals surface area (Å²) >= 11 is 5.99. The van der Waals surface area contributed by atoms with Crippen molar-refractivity contribution in [3.05, 3.63) is 97.7 Å². The molecule has 0 aliphatic rings. The molecule has 1 heterocycles. The molecule has 1 aromatic heterocycles. The molecule has 0 fully saturated rings. The van der Waals surface area contributed by atoms with Crippen molar-refractivity contribution < 1.29 is 9.53 Å². The normalized spacial score (nSPS) is 11.1. The van der Waals surface area contributed by atoms with Crippen LogP contribution in [0.3, 0.4) is 0 Å². The molecule has 1 amide bonds. The molecule has 0 atom stereocenters. The van der Waals surface area contributed by atoms with E-state index in [1.165, 1.54) is 22.7 Å². The lowest BCUT2D eigenvalue weighted by atomic mass is 10.2. The predicted octanol–water partition coefficient (Wildman–Crippen LogP) is 2.51. The van der Waals surface area contributed by atoms with E-state index in [0.717, 1.165) is 5.56 Å². The van der Waals surface area contributed by atoms with Crippen molar-refractivity contribution in [1.82, 2.24) is 9.55 Å². The van der Waals surface area contributed by atoms with Gasteiger partial charge in [0.15, 0.2) is 5.69 Å². The Labute approximate surface area is 189 Å². The Balaban J connectivity index is 2.01. The van der Waals surface area contributed by atoms with Crippen LogP contribution in [0.5, 0.6) is 0 Å². The second kappa shape index (κ2) is 10.6. The maximum atomic E-state index is 13.0. The first-order valence-corrected chi connectivity index (χ1v) is 10.2. The lowest BCUT2D eigenvalue weighted by Crippen LogP contribution is -2.42. The van der Waals surface area contributed by atoms with E-state index in [0.29, 0.717) is 10.6 Å². The average molecular weight is 455 g/mol. The molecule has 8 nitrogen and oxygen atoms in total. The molecule has 0 aliphatic carbocycles. The SMILES string of the molecule is COCCN(C(=O)/C=C/c1cccc(Cl)c1)c1c(N)n(Cc2ccccc2)c(=O)[nH]c1=O. The first-order chi connectivity index (χ1) is 15.4. The van der Waals surface area contributed by atoms with E-state index in [-0.39, 0.29) is 31.2 Å². The number of ether oxygens (including phenoxy) is 1. The largest absolute Gasteiger partial charge is 0.383 e. The molecule has 3 rings (SSSR count). The molecule has 3 N–H and O–H groups in total. The number of aromatic nitrogens is 2. The van der Waals surface area contributed by atoms with Crippen LogP contribution in [0.1, 0.15) is 11.1 Å². The van der Waals surface area contributed by atoms with Crippen LogP contribution in [0.15, 0.2) is 70.3 Å². The minimum Gasteiger partial charge on any atom is -0.383 e. The monoisotopic (exact) mass is 454 g/mol. The fourth-order valence-electron chi connectivity index (χ4n) is 3.14. The van der Waals surface area contributed by atoms with E-state index < -0.39 is 17.2 Å².